The first-order valence-corrected chi connectivity index (χ1v) is 5.32. The van der Waals surface area contributed by atoms with Gasteiger partial charge in [0.2, 0.25) is 0 Å². The van der Waals surface area contributed by atoms with Crippen molar-refractivity contribution in [1.82, 2.24) is 4.98 Å². The van der Waals surface area contributed by atoms with Gasteiger partial charge >= 0.3 is 6.18 Å². The lowest BCUT2D eigenvalue weighted by Gasteiger charge is -2.09. The predicted molar refractivity (Wildman–Crippen MR) is 47.5 cm³/mol. The second kappa shape index (κ2) is 3.63. The van der Waals surface area contributed by atoms with E-state index in [1.807, 2.05) is 0 Å². The third-order valence-electron chi connectivity index (χ3n) is 0.998. The smallest absolute Gasteiger partial charge is 0.233 e. The van der Waals surface area contributed by atoms with Crippen molar-refractivity contribution in [2.24, 2.45) is 0 Å². The molecule has 12 heavy (non-hydrogen) atoms. The highest BCUT2D eigenvalue weighted by atomic mass is 79.9. The molecule has 0 aliphatic heterocycles. The number of thiazole rings is 1. The lowest BCUT2D eigenvalue weighted by atomic mass is 10.4. The molecule has 1 heterocycles. The fourth-order valence-corrected chi connectivity index (χ4v) is 2.21. The molecule has 0 radical (unpaired) electrons. The molecular formula is C5H2Br2F3NS. The average Bonchev–Trinajstić information content (AvgIpc) is 2.32. The molecule has 7 heteroatoms. The summed E-state index contributed by atoms with van der Waals surface area (Å²) in [6, 6.07) is 0. The lowest BCUT2D eigenvalue weighted by molar-refractivity contribution is -0.128. The Bertz CT molecular complexity index is 272. The number of nitrogens with zero attached hydrogens (tertiary/aromatic N) is 1. The molecule has 0 saturated carbocycles. The molecule has 1 aromatic heterocycles. The maximum Gasteiger partial charge on any atom is 0.407 e. The summed E-state index contributed by atoms with van der Waals surface area (Å²) in [7, 11) is 0. The van der Waals surface area contributed by atoms with Gasteiger partial charge in [-0.25, -0.2) is 4.98 Å². The number of rotatable bonds is 1. The van der Waals surface area contributed by atoms with Gasteiger partial charge in [0.05, 0.1) is 0 Å². The number of hydrogen-bond acceptors (Lipinski definition) is 2. The van der Waals surface area contributed by atoms with E-state index < -0.39 is 11.0 Å². The van der Waals surface area contributed by atoms with E-state index in [-0.39, 0.29) is 5.01 Å². The maximum absolute atomic E-state index is 12.0. The Hall–Kier alpha value is 0.380. The fraction of sp³-hybridized carbons (Fsp3) is 0.400. The monoisotopic (exact) mass is 323 g/mol. The number of aromatic nitrogens is 1. The highest BCUT2D eigenvalue weighted by Crippen LogP contribution is 2.41. The zero-order valence-corrected chi connectivity index (χ0v) is 9.39. The van der Waals surface area contributed by atoms with Crippen molar-refractivity contribution in [3.05, 3.63) is 15.0 Å². The molecule has 0 spiro atoms. The van der Waals surface area contributed by atoms with Gasteiger partial charge in [-0.2, -0.15) is 13.2 Å². The van der Waals surface area contributed by atoms with Crippen molar-refractivity contribution in [2.75, 3.05) is 0 Å². The highest BCUT2D eigenvalue weighted by molar-refractivity contribution is 9.10. The summed E-state index contributed by atoms with van der Waals surface area (Å²) in [6.07, 6.45) is -4.28. The second-order valence-electron chi connectivity index (χ2n) is 1.91. The normalized spacial score (nSPS) is 14.8. The molecule has 0 amide bonds. The standard InChI is InChI=1S/C5H2Br2F3NS/c6-2-1-12-4(11-2)3(7)5(8,9)10/h1,3H. The van der Waals surface area contributed by atoms with E-state index in [0.29, 0.717) is 4.60 Å². The van der Waals surface area contributed by atoms with Crippen LogP contribution in [0.15, 0.2) is 9.98 Å². The van der Waals surface area contributed by atoms with Crippen LogP contribution in [0.25, 0.3) is 0 Å². The van der Waals surface area contributed by atoms with Gasteiger partial charge in [0.15, 0.2) is 4.83 Å². The van der Waals surface area contributed by atoms with Gasteiger partial charge in [0, 0.05) is 5.38 Å². The van der Waals surface area contributed by atoms with Crippen LogP contribution in [0, 0.1) is 0 Å². The summed E-state index contributed by atoms with van der Waals surface area (Å²) in [4.78, 5) is 1.98. The van der Waals surface area contributed by atoms with Gasteiger partial charge in [-0.15, -0.1) is 11.3 Å². The van der Waals surface area contributed by atoms with Crippen molar-refractivity contribution >= 4 is 43.2 Å². The molecule has 0 aromatic carbocycles. The van der Waals surface area contributed by atoms with E-state index in [1.165, 1.54) is 5.38 Å². The van der Waals surface area contributed by atoms with Gasteiger partial charge in [0.1, 0.15) is 9.61 Å². The van der Waals surface area contributed by atoms with Crippen LogP contribution in [-0.4, -0.2) is 11.2 Å². The largest absolute Gasteiger partial charge is 0.407 e. The molecule has 1 atom stereocenters. The van der Waals surface area contributed by atoms with Gasteiger partial charge in [-0.1, -0.05) is 15.9 Å². The third-order valence-corrected chi connectivity index (χ3v) is 3.87. The van der Waals surface area contributed by atoms with Crippen LogP contribution in [0.2, 0.25) is 0 Å². The summed E-state index contributed by atoms with van der Waals surface area (Å²) in [5, 5.41) is 1.52. The van der Waals surface area contributed by atoms with Gasteiger partial charge in [0.25, 0.3) is 0 Å². The second-order valence-corrected chi connectivity index (χ2v) is 4.53. The number of alkyl halides is 4. The molecule has 0 bridgehead atoms. The van der Waals surface area contributed by atoms with Gasteiger partial charge < -0.3 is 0 Å². The Morgan fingerprint density at radius 3 is 2.42 bits per heavy atom. The van der Waals surface area contributed by atoms with E-state index in [9.17, 15) is 13.2 Å². The maximum atomic E-state index is 12.0. The molecule has 0 aliphatic rings. The first kappa shape index (κ1) is 10.5. The third kappa shape index (κ3) is 2.43. The fourth-order valence-electron chi connectivity index (χ4n) is 0.523. The lowest BCUT2D eigenvalue weighted by Crippen LogP contribution is -2.14. The van der Waals surface area contributed by atoms with Crippen molar-refractivity contribution in [2.45, 2.75) is 11.0 Å². The summed E-state index contributed by atoms with van der Waals surface area (Å²) in [6.45, 7) is 0. The SMILES string of the molecule is FC(F)(F)C(Br)c1nc(Br)cs1. The van der Waals surface area contributed by atoms with Crippen molar-refractivity contribution in [1.29, 1.82) is 0 Å². The van der Waals surface area contributed by atoms with E-state index in [2.05, 4.69) is 36.8 Å². The minimum absolute atomic E-state index is 0.00868. The van der Waals surface area contributed by atoms with Crippen LogP contribution in [-0.2, 0) is 0 Å². The zero-order chi connectivity index (χ0) is 9.35. The zero-order valence-electron chi connectivity index (χ0n) is 5.40. The van der Waals surface area contributed by atoms with Crippen LogP contribution >= 0.6 is 43.2 Å². The Kier molecular flexibility index (Phi) is 3.16. The predicted octanol–water partition coefficient (Wildman–Crippen LogP) is 3.90. The minimum Gasteiger partial charge on any atom is -0.233 e. The van der Waals surface area contributed by atoms with Crippen molar-refractivity contribution in [3.8, 4) is 0 Å². The van der Waals surface area contributed by atoms with Crippen molar-refractivity contribution < 1.29 is 13.2 Å². The van der Waals surface area contributed by atoms with E-state index in [0.717, 1.165) is 11.3 Å². The molecule has 0 N–H and O–H groups in total. The van der Waals surface area contributed by atoms with Crippen LogP contribution in [0.1, 0.15) is 9.83 Å². The van der Waals surface area contributed by atoms with Gasteiger partial charge in [-0.3, -0.25) is 0 Å². The molecule has 1 nitrogen and oxygen atoms in total. The van der Waals surface area contributed by atoms with Crippen LogP contribution in [0.5, 0.6) is 0 Å². The topological polar surface area (TPSA) is 12.9 Å². The van der Waals surface area contributed by atoms with E-state index in [1.54, 1.807) is 0 Å². The molecule has 1 aromatic rings. The molecule has 68 valence electrons. The van der Waals surface area contributed by atoms with E-state index in [4.69, 9.17) is 0 Å². The molecule has 0 aliphatic carbocycles. The minimum atomic E-state index is -4.28. The molecule has 1 rings (SSSR count). The summed E-state index contributed by atoms with van der Waals surface area (Å²) in [5.74, 6) is 0. The number of halogens is 5. The van der Waals surface area contributed by atoms with Crippen LogP contribution in [0.3, 0.4) is 0 Å². The van der Waals surface area contributed by atoms with Crippen LogP contribution < -0.4 is 0 Å². The highest BCUT2D eigenvalue weighted by Gasteiger charge is 2.40. The quantitative estimate of drug-likeness (QED) is 0.714. The Labute approximate surface area is 87.3 Å². The molecule has 1 unspecified atom stereocenters. The average molecular weight is 325 g/mol. The summed E-state index contributed by atoms with van der Waals surface area (Å²) in [5.41, 5.74) is 0. The molecule has 0 fully saturated rings. The number of hydrogen-bond donors (Lipinski definition) is 0. The van der Waals surface area contributed by atoms with E-state index >= 15 is 0 Å². The van der Waals surface area contributed by atoms with Crippen LogP contribution in [0.4, 0.5) is 13.2 Å². The first-order valence-electron chi connectivity index (χ1n) is 2.73. The summed E-state index contributed by atoms with van der Waals surface area (Å²) < 4.78 is 36.6. The van der Waals surface area contributed by atoms with Crippen molar-refractivity contribution in [3.63, 3.8) is 0 Å². The Morgan fingerprint density at radius 1 is 1.50 bits per heavy atom. The molecule has 0 saturated heterocycles. The Balaban J connectivity index is 2.85. The Morgan fingerprint density at radius 2 is 2.08 bits per heavy atom. The first-order chi connectivity index (χ1) is 5.41. The summed E-state index contributed by atoms with van der Waals surface area (Å²) >= 11 is 6.46. The molecular weight excluding hydrogens is 323 g/mol. The van der Waals surface area contributed by atoms with Gasteiger partial charge in [-0.05, 0) is 15.9 Å².